The normalized spacial score (nSPS) is 25.1. The molecule has 2 saturated heterocycles. The minimum Gasteiger partial charge on any atom is -0.343 e. The Morgan fingerprint density at radius 3 is 2.70 bits per heavy atom. The maximum atomic E-state index is 12.3. The molecular weight excluding hydrogens is 268 g/mol. The Morgan fingerprint density at radius 1 is 1.35 bits per heavy atom. The van der Waals surface area contributed by atoms with Gasteiger partial charge in [-0.3, -0.25) is 4.79 Å². The fourth-order valence-electron chi connectivity index (χ4n) is 3.13. The number of nitrogens with one attached hydrogen (secondary N) is 1. The predicted octanol–water partition coefficient (Wildman–Crippen LogP) is 2.76. The Bertz CT molecular complexity index is 295. The van der Waals surface area contributed by atoms with Gasteiger partial charge in [0.1, 0.15) is 0 Å². The molecule has 20 heavy (non-hydrogen) atoms. The monoisotopic (exact) mass is 298 g/mol. The molecule has 0 aromatic rings. The van der Waals surface area contributed by atoms with E-state index in [1.165, 1.54) is 31.4 Å². The number of hydrogen-bond acceptors (Lipinski definition) is 3. The number of nitrogens with zero attached hydrogens (tertiary/aromatic N) is 1. The largest absolute Gasteiger partial charge is 0.343 e. The molecule has 2 fully saturated rings. The molecule has 0 aromatic heterocycles. The van der Waals surface area contributed by atoms with Crippen LogP contribution in [-0.4, -0.2) is 48.0 Å². The second-order valence-electron chi connectivity index (χ2n) is 6.73. The third-order valence-corrected chi connectivity index (χ3v) is 5.67. The first-order valence-electron chi connectivity index (χ1n) is 8.24. The zero-order chi connectivity index (χ0) is 14.4. The Balaban J connectivity index is 1.66. The minimum atomic E-state index is 0.368. The Kier molecular flexibility index (Phi) is 6.69. The van der Waals surface area contributed by atoms with Gasteiger partial charge in [0.25, 0.3) is 0 Å². The van der Waals surface area contributed by atoms with Crippen LogP contribution in [0.3, 0.4) is 0 Å². The van der Waals surface area contributed by atoms with Crippen molar-refractivity contribution in [3.63, 3.8) is 0 Å². The van der Waals surface area contributed by atoms with Crippen molar-refractivity contribution in [1.29, 1.82) is 0 Å². The first kappa shape index (κ1) is 16.2. The molecule has 1 amide bonds. The average Bonchev–Trinajstić information content (AvgIpc) is 2.46. The molecule has 2 heterocycles. The van der Waals surface area contributed by atoms with Crippen molar-refractivity contribution in [1.82, 2.24) is 10.2 Å². The standard InChI is InChI=1S/C16H30N2OS/c1-13(2)3-4-14-5-8-18(9-6-14)16(19)11-15-12-20-10-7-17-15/h13-15,17H,3-12H2,1-2H3. The van der Waals surface area contributed by atoms with E-state index in [0.29, 0.717) is 18.4 Å². The second kappa shape index (κ2) is 8.28. The number of piperidine rings is 1. The van der Waals surface area contributed by atoms with Crippen LogP contribution in [0.4, 0.5) is 0 Å². The van der Waals surface area contributed by atoms with Crippen LogP contribution in [0, 0.1) is 11.8 Å². The van der Waals surface area contributed by atoms with Crippen molar-refractivity contribution in [3.8, 4) is 0 Å². The molecular formula is C16H30N2OS. The van der Waals surface area contributed by atoms with Crippen LogP contribution in [0.15, 0.2) is 0 Å². The molecule has 1 unspecified atom stereocenters. The summed E-state index contributed by atoms with van der Waals surface area (Å²) >= 11 is 1.97. The molecule has 2 aliphatic heterocycles. The summed E-state index contributed by atoms with van der Waals surface area (Å²) in [5.74, 6) is 4.31. The van der Waals surface area contributed by atoms with Crippen molar-refractivity contribution >= 4 is 17.7 Å². The van der Waals surface area contributed by atoms with Gasteiger partial charge in [-0.2, -0.15) is 11.8 Å². The van der Waals surface area contributed by atoms with E-state index in [2.05, 4.69) is 24.1 Å². The predicted molar refractivity (Wildman–Crippen MR) is 87.1 cm³/mol. The number of thioether (sulfide) groups is 1. The van der Waals surface area contributed by atoms with Crippen molar-refractivity contribution in [2.75, 3.05) is 31.1 Å². The lowest BCUT2D eigenvalue weighted by Crippen LogP contribution is -2.44. The number of carbonyl (C=O) groups is 1. The van der Waals surface area contributed by atoms with E-state index in [1.807, 2.05) is 11.8 Å². The highest BCUT2D eigenvalue weighted by Gasteiger charge is 2.25. The molecule has 2 rings (SSSR count). The number of rotatable bonds is 5. The number of likely N-dealkylation sites (tertiary alicyclic amines) is 1. The van der Waals surface area contributed by atoms with E-state index >= 15 is 0 Å². The quantitative estimate of drug-likeness (QED) is 0.847. The average molecular weight is 298 g/mol. The molecule has 0 bridgehead atoms. The van der Waals surface area contributed by atoms with Crippen LogP contribution in [0.25, 0.3) is 0 Å². The molecule has 0 saturated carbocycles. The molecule has 1 atom stereocenters. The van der Waals surface area contributed by atoms with E-state index < -0.39 is 0 Å². The summed E-state index contributed by atoms with van der Waals surface area (Å²) in [7, 11) is 0. The SMILES string of the molecule is CC(C)CCC1CCN(C(=O)CC2CSCCN2)CC1. The summed E-state index contributed by atoms with van der Waals surface area (Å²) in [6, 6.07) is 0.403. The molecule has 4 heteroatoms. The summed E-state index contributed by atoms with van der Waals surface area (Å²) in [6.45, 7) is 7.63. The van der Waals surface area contributed by atoms with E-state index in [4.69, 9.17) is 0 Å². The Morgan fingerprint density at radius 2 is 2.10 bits per heavy atom. The summed E-state index contributed by atoms with van der Waals surface area (Å²) in [6.07, 6.45) is 5.81. The van der Waals surface area contributed by atoms with Gasteiger partial charge in [-0.1, -0.05) is 26.7 Å². The van der Waals surface area contributed by atoms with Gasteiger partial charge in [0.05, 0.1) is 0 Å². The zero-order valence-corrected chi connectivity index (χ0v) is 13.9. The molecule has 0 aromatic carbocycles. The minimum absolute atomic E-state index is 0.368. The number of hydrogen-bond donors (Lipinski definition) is 1. The van der Waals surface area contributed by atoms with Gasteiger partial charge in [-0.15, -0.1) is 0 Å². The van der Waals surface area contributed by atoms with Gasteiger partial charge in [-0.05, 0) is 24.7 Å². The molecule has 1 N–H and O–H groups in total. The lowest BCUT2D eigenvalue weighted by atomic mass is 9.89. The van der Waals surface area contributed by atoms with Gasteiger partial charge in [0, 0.05) is 43.6 Å². The first-order valence-corrected chi connectivity index (χ1v) is 9.39. The van der Waals surface area contributed by atoms with E-state index in [9.17, 15) is 4.79 Å². The summed E-state index contributed by atoms with van der Waals surface area (Å²) in [5.41, 5.74) is 0. The summed E-state index contributed by atoms with van der Waals surface area (Å²) < 4.78 is 0. The van der Waals surface area contributed by atoms with Gasteiger partial charge >= 0.3 is 0 Å². The Labute approximate surface area is 128 Å². The van der Waals surface area contributed by atoms with E-state index in [-0.39, 0.29) is 0 Å². The van der Waals surface area contributed by atoms with Crippen LogP contribution in [0.2, 0.25) is 0 Å². The molecule has 3 nitrogen and oxygen atoms in total. The van der Waals surface area contributed by atoms with E-state index in [1.54, 1.807) is 0 Å². The van der Waals surface area contributed by atoms with Gasteiger partial charge in [0.15, 0.2) is 0 Å². The molecule has 2 aliphatic rings. The van der Waals surface area contributed by atoms with Crippen molar-refractivity contribution in [3.05, 3.63) is 0 Å². The van der Waals surface area contributed by atoms with Crippen LogP contribution >= 0.6 is 11.8 Å². The Hall–Kier alpha value is -0.220. The lowest BCUT2D eigenvalue weighted by Gasteiger charge is -2.34. The fraction of sp³-hybridized carbons (Fsp3) is 0.938. The highest BCUT2D eigenvalue weighted by atomic mass is 32.2. The van der Waals surface area contributed by atoms with E-state index in [0.717, 1.165) is 37.2 Å². The van der Waals surface area contributed by atoms with Crippen LogP contribution in [-0.2, 0) is 4.79 Å². The van der Waals surface area contributed by atoms with Crippen molar-refractivity contribution in [2.24, 2.45) is 11.8 Å². The topological polar surface area (TPSA) is 32.3 Å². The van der Waals surface area contributed by atoms with Crippen molar-refractivity contribution < 1.29 is 4.79 Å². The van der Waals surface area contributed by atoms with Crippen LogP contribution in [0.1, 0.15) is 46.0 Å². The van der Waals surface area contributed by atoms with Gasteiger partial charge < -0.3 is 10.2 Å². The van der Waals surface area contributed by atoms with Crippen LogP contribution in [0.5, 0.6) is 0 Å². The third-order valence-electron chi connectivity index (χ3n) is 4.54. The molecule has 116 valence electrons. The van der Waals surface area contributed by atoms with Crippen LogP contribution < -0.4 is 5.32 Å². The smallest absolute Gasteiger partial charge is 0.224 e. The molecule has 0 radical (unpaired) electrons. The highest BCUT2D eigenvalue weighted by molar-refractivity contribution is 7.99. The molecule has 0 aliphatic carbocycles. The molecule has 0 spiro atoms. The number of carbonyl (C=O) groups excluding carboxylic acids is 1. The lowest BCUT2D eigenvalue weighted by molar-refractivity contribution is -0.133. The number of amides is 1. The van der Waals surface area contributed by atoms with Gasteiger partial charge in [0.2, 0.25) is 5.91 Å². The maximum absolute atomic E-state index is 12.3. The second-order valence-corrected chi connectivity index (χ2v) is 7.88. The van der Waals surface area contributed by atoms with Gasteiger partial charge in [-0.25, -0.2) is 0 Å². The highest BCUT2D eigenvalue weighted by Crippen LogP contribution is 2.24. The maximum Gasteiger partial charge on any atom is 0.224 e. The van der Waals surface area contributed by atoms with Crippen molar-refractivity contribution in [2.45, 2.75) is 52.0 Å². The summed E-state index contributed by atoms with van der Waals surface area (Å²) in [5, 5.41) is 3.46. The fourth-order valence-corrected chi connectivity index (χ4v) is 4.08. The zero-order valence-electron chi connectivity index (χ0n) is 13.1. The first-order chi connectivity index (χ1) is 9.65. The summed E-state index contributed by atoms with van der Waals surface area (Å²) in [4.78, 5) is 14.4. The third kappa shape index (κ3) is 5.28.